The first kappa shape index (κ1) is 17.0. The van der Waals surface area contributed by atoms with E-state index in [1.807, 2.05) is 42.5 Å². The van der Waals surface area contributed by atoms with E-state index in [0.29, 0.717) is 42.1 Å². The summed E-state index contributed by atoms with van der Waals surface area (Å²) in [6.45, 7) is 0. The van der Waals surface area contributed by atoms with Gasteiger partial charge in [0.1, 0.15) is 5.78 Å². The fraction of sp³-hybridized carbons (Fsp3) is 0.300. The molecule has 1 saturated carbocycles. The Morgan fingerprint density at radius 1 is 1.04 bits per heavy atom. The van der Waals surface area contributed by atoms with Crippen molar-refractivity contribution in [2.75, 3.05) is 20.0 Å². The molecular formula is C20H22N2O3. The summed E-state index contributed by atoms with van der Waals surface area (Å²) < 4.78 is 10.9. The van der Waals surface area contributed by atoms with Crippen LogP contribution in [-0.4, -0.2) is 25.7 Å². The third-order valence-corrected chi connectivity index (χ3v) is 4.45. The Balaban J connectivity index is 1.94. The van der Waals surface area contributed by atoms with Gasteiger partial charge in [-0.15, -0.1) is 0 Å². The van der Waals surface area contributed by atoms with E-state index in [-0.39, 0.29) is 11.7 Å². The molecule has 0 radical (unpaired) electrons. The van der Waals surface area contributed by atoms with Gasteiger partial charge in [-0.1, -0.05) is 24.3 Å². The second-order valence-corrected chi connectivity index (χ2v) is 6.14. The number of nitrogens with zero attached hydrogens (tertiary/aromatic N) is 1. The highest BCUT2D eigenvalue weighted by atomic mass is 16.5. The molecular weight excluding hydrogens is 316 g/mol. The molecule has 1 fully saturated rings. The van der Waals surface area contributed by atoms with E-state index in [0.717, 1.165) is 11.3 Å². The van der Waals surface area contributed by atoms with Crippen molar-refractivity contribution in [3.63, 3.8) is 0 Å². The standard InChI is InChI=1S/C20H22N2O3/c1-24-19-9-5-6-16(20(19)25-2)13-10-14(12-15(23)11-13)22-18-8-4-3-7-17(18)21/h3-9,13H,10-12,21H2,1-2H3. The summed E-state index contributed by atoms with van der Waals surface area (Å²) in [6.07, 6.45) is 1.55. The lowest BCUT2D eigenvalue weighted by molar-refractivity contribution is -0.118. The number of rotatable bonds is 4. The van der Waals surface area contributed by atoms with Gasteiger partial charge in [0.05, 0.1) is 25.6 Å². The second-order valence-electron chi connectivity index (χ2n) is 6.14. The van der Waals surface area contributed by atoms with Crippen LogP contribution in [0, 0.1) is 0 Å². The largest absolute Gasteiger partial charge is 0.493 e. The number of para-hydroxylation sites is 3. The summed E-state index contributed by atoms with van der Waals surface area (Å²) in [6, 6.07) is 13.2. The van der Waals surface area contributed by atoms with Gasteiger partial charge in [0, 0.05) is 24.1 Å². The molecule has 3 rings (SSSR count). The first-order valence-electron chi connectivity index (χ1n) is 8.26. The Morgan fingerprint density at radius 3 is 2.56 bits per heavy atom. The number of aliphatic imine (C=N–C) groups is 1. The maximum atomic E-state index is 12.3. The molecule has 2 aromatic carbocycles. The molecule has 0 spiro atoms. The van der Waals surface area contributed by atoms with Crippen molar-refractivity contribution in [2.45, 2.75) is 25.2 Å². The second kappa shape index (κ2) is 7.38. The monoisotopic (exact) mass is 338 g/mol. The molecule has 1 aliphatic rings. The van der Waals surface area contributed by atoms with E-state index in [4.69, 9.17) is 15.2 Å². The van der Waals surface area contributed by atoms with Crippen molar-refractivity contribution in [3.8, 4) is 11.5 Å². The Morgan fingerprint density at radius 2 is 1.84 bits per heavy atom. The van der Waals surface area contributed by atoms with E-state index in [1.165, 1.54) is 0 Å². The molecule has 1 aliphatic carbocycles. The molecule has 0 aliphatic heterocycles. The number of hydrogen-bond donors (Lipinski definition) is 1. The summed E-state index contributed by atoms with van der Waals surface area (Å²) in [5.41, 5.74) is 9.13. The molecule has 25 heavy (non-hydrogen) atoms. The minimum absolute atomic E-state index is 0.0231. The lowest BCUT2D eigenvalue weighted by Crippen LogP contribution is -2.22. The molecule has 130 valence electrons. The summed E-state index contributed by atoms with van der Waals surface area (Å²) in [7, 11) is 3.23. The molecule has 0 saturated heterocycles. The normalized spacial score (nSPS) is 19.0. The van der Waals surface area contributed by atoms with Crippen LogP contribution < -0.4 is 15.2 Å². The average molecular weight is 338 g/mol. The summed E-state index contributed by atoms with van der Waals surface area (Å²) in [4.78, 5) is 16.9. The zero-order chi connectivity index (χ0) is 17.8. The number of ketones is 1. The van der Waals surface area contributed by atoms with Crippen LogP contribution in [0.4, 0.5) is 11.4 Å². The average Bonchev–Trinajstić information content (AvgIpc) is 2.62. The van der Waals surface area contributed by atoms with Crippen molar-refractivity contribution in [2.24, 2.45) is 4.99 Å². The van der Waals surface area contributed by atoms with Gasteiger partial charge >= 0.3 is 0 Å². The van der Waals surface area contributed by atoms with Gasteiger partial charge in [-0.2, -0.15) is 0 Å². The summed E-state index contributed by atoms with van der Waals surface area (Å²) in [5.74, 6) is 1.55. The number of benzene rings is 2. The van der Waals surface area contributed by atoms with Gasteiger partial charge in [0.2, 0.25) is 0 Å². The van der Waals surface area contributed by atoms with E-state index in [1.54, 1.807) is 14.2 Å². The van der Waals surface area contributed by atoms with Gasteiger partial charge in [-0.05, 0) is 30.5 Å². The van der Waals surface area contributed by atoms with E-state index in [2.05, 4.69) is 4.99 Å². The van der Waals surface area contributed by atoms with Crippen LogP contribution in [0.3, 0.4) is 0 Å². The molecule has 0 aromatic heterocycles. The number of hydrogen-bond acceptors (Lipinski definition) is 5. The Labute approximate surface area is 147 Å². The molecule has 2 N–H and O–H groups in total. The topological polar surface area (TPSA) is 73.9 Å². The van der Waals surface area contributed by atoms with E-state index in [9.17, 15) is 4.79 Å². The van der Waals surface area contributed by atoms with Crippen LogP contribution >= 0.6 is 0 Å². The van der Waals surface area contributed by atoms with Crippen molar-refractivity contribution in [3.05, 3.63) is 48.0 Å². The minimum atomic E-state index is 0.0231. The number of anilines is 1. The van der Waals surface area contributed by atoms with E-state index < -0.39 is 0 Å². The maximum Gasteiger partial charge on any atom is 0.164 e. The molecule has 0 amide bonds. The Bertz CT molecular complexity index is 814. The lowest BCUT2D eigenvalue weighted by Gasteiger charge is -2.25. The highest BCUT2D eigenvalue weighted by Crippen LogP contribution is 2.40. The maximum absolute atomic E-state index is 12.3. The van der Waals surface area contributed by atoms with Crippen LogP contribution in [0.15, 0.2) is 47.5 Å². The third kappa shape index (κ3) is 3.65. The fourth-order valence-corrected chi connectivity index (χ4v) is 3.30. The predicted molar refractivity (Wildman–Crippen MR) is 99.1 cm³/mol. The number of Topliss-reactive ketones (excluding diaryl/α,β-unsaturated/α-hetero) is 1. The number of ether oxygens (including phenoxy) is 2. The molecule has 1 atom stereocenters. The van der Waals surface area contributed by atoms with Crippen LogP contribution in [0.5, 0.6) is 11.5 Å². The number of carbonyl (C=O) groups excluding carboxylic acids is 1. The number of nitrogens with two attached hydrogens (primary N) is 1. The van der Waals surface area contributed by atoms with Gasteiger partial charge in [0.15, 0.2) is 11.5 Å². The highest BCUT2D eigenvalue weighted by molar-refractivity contribution is 6.06. The minimum Gasteiger partial charge on any atom is -0.493 e. The lowest BCUT2D eigenvalue weighted by atomic mass is 9.81. The van der Waals surface area contributed by atoms with Crippen LogP contribution in [-0.2, 0) is 4.79 Å². The van der Waals surface area contributed by atoms with Crippen LogP contribution in [0.1, 0.15) is 30.7 Å². The van der Waals surface area contributed by atoms with E-state index >= 15 is 0 Å². The Hall–Kier alpha value is -2.82. The number of methoxy groups -OCH3 is 2. The SMILES string of the molecule is COc1cccc(C2CC(=O)CC(=Nc3ccccc3N)C2)c1OC. The molecule has 5 heteroatoms. The van der Waals surface area contributed by atoms with Gasteiger partial charge < -0.3 is 15.2 Å². The number of carbonyl (C=O) groups is 1. The van der Waals surface area contributed by atoms with Crippen LogP contribution in [0.25, 0.3) is 0 Å². The van der Waals surface area contributed by atoms with Crippen molar-refractivity contribution in [1.82, 2.24) is 0 Å². The predicted octanol–water partition coefficient (Wildman–Crippen LogP) is 3.90. The fourth-order valence-electron chi connectivity index (χ4n) is 3.30. The Kier molecular flexibility index (Phi) is 5.03. The summed E-state index contributed by atoms with van der Waals surface area (Å²) in [5, 5.41) is 0. The first-order valence-corrected chi connectivity index (χ1v) is 8.26. The quantitative estimate of drug-likeness (QED) is 0.858. The van der Waals surface area contributed by atoms with Crippen molar-refractivity contribution in [1.29, 1.82) is 0 Å². The molecule has 5 nitrogen and oxygen atoms in total. The zero-order valence-electron chi connectivity index (χ0n) is 14.5. The summed E-state index contributed by atoms with van der Waals surface area (Å²) >= 11 is 0. The van der Waals surface area contributed by atoms with Gasteiger partial charge in [0.25, 0.3) is 0 Å². The molecule has 0 heterocycles. The van der Waals surface area contributed by atoms with Crippen molar-refractivity contribution < 1.29 is 14.3 Å². The molecule has 2 aromatic rings. The highest BCUT2D eigenvalue weighted by Gasteiger charge is 2.28. The molecule has 0 bridgehead atoms. The smallest absolute Gasteiger partial charge is 0.164 e. The van der Waals surface area contributed by atoms with Crippen molar-refractivity contribution >= 4 is 22.9 Å². The van der Waals surface area contributed by atoms with Gasteiger partial charge in [-0.25, -0.2) is 0 Å². The zero-order valence-corrected chi connectivity index (χ0v) is 14.5. The third-order valence-electron chi connectivity index (χ3n) is 4.45. The number of nitrogen functional groups attached to an aromatic ring is 1. The molecule has 1 unspecified atom stereocenters. The first-order chi connectivity index (χ1) is 12.1. The van der Waals surface area contributed by atoms with Gasteiger partial charge in [-0.3, -0.25) is 9.79 Å². The van der Waals surface area contributed by atoms with Crippen LogP contribution in [0.2, 0.25) is 0 Å².